The molecule has 12 atom stereocenters. The minimum absolute atomic E-state index is 0. The maximum atomic E-state index is 16.0. The Morgan fingerprint density at radius 3 is 1.48 bits per heavy atom. The summed E-state index contributed by atoms with van der Waals surface area (Å²) in [6.45, 7) is 16.3. The smallest absolute Gasteiger partial charge is 0.408 e. The van der Waals surface area contributed by atoms with Gasteiger partial charge in [-0.1, -0.05) is 93.2 Å². The second-order valence-corrected chi connectivity index (χ2v) is 26.7. The molecule has 4 aromatic rings. The van der Waals surface area contributed by atoms with Gasteiger partial charge in [-0.05, 0) is 123 Å². The number of nitrogens with one attached hydrogen (secondary N) is 2. The minimum atomic E-state index is -3.30. The zero-order valence-electron chi connectivity index (χ0n) is 52.5. The van der Waals surface area contributed by atoms with Gasteiger partial charge in [-0.2, -0.15) is 17.6 Å². The molecule has 6 heterocycles. The van der Waals surface area contributed by atoms with Crippen LogP contribution < -0.4 is 29.6 Å². The van der Waals surface area contributed by atoms with E-state index in [1.165, 1.54) is 36.2 Å². The fourth-order valence-corrected chi connectivity index (χ4v) is 12.9. The van der Waals surface area contributed by atoms with Crippen molar-refractivity contribution < 1.29 is 112 Å². The van der Waals surface area contributed by atoms with Gasteiger partial charge < -0.3 is 58.4 Å². The third kappa shape index (κ3) is 15.6. The maximum absolute atomic E-state index is 16.0. The van der Waals surface area contributed by atoms with Crippen molar-refractivity contribution >= 4 is 58.4 Å². The standard InChI is InChI=1S/C33H42F2N3O6.C32H40F2N3O6.2V/c1-7-22-24(18-39)38-17-26(22)43-25-15-19-14-21(42-6)11-12-23(19)36-27(25)33(34,35)13-9-8-10-20-16-32(20,5)44-30(41)37-28(29(38)40)31(2,3)4;1-6-21-23(17-38)37-16-26(21)42-25-15-19-13-20(41-5)10-11-22(19)35-27(25)32(33,34)12-8-7-9-18-14-24(18)43-30(40)36-28(29(37)39)31(2,3)4;;/h11-12,14-15,20,22,24,26,28H,7-10,13,16-17H2,1-6H3,(H,37,41);10-11,13,15,18,21,23-24,26,28H,6-9,12,14,16H2,1-5H3,(H,36,40);;/q2*-1;;/t20-,22+,24-,26+,28-,32-;18-,21+,23-,24-,26+,28-;;/m11../s1. The largest absolute Gasteiger partial charge is 0.540 e. The second kappa shape index (κ2) is 28.0. The zero-order valence-corrected chi connectivity index (χ0v) is 55.3. The van der Waals surface area contributed by atoms with Crippen LogP contribution in [0.1, 0.15) is 151 Å². The first-order valence-corrected chi connectivity index (χ1v) is 30.5. The number of pyridine rings is 2. The van der Waals surface area contributed by atoms with Crippen molar-refractivity contribution in [3.05, 3.63) is 59.9 Å². The molecule has 2 saturated carbocycles. The SMILES string of the molecule is CC[C@@H]1[C@@H]2CN(C(=O)[C@H](C(C)(C)C)NC(=O)O[C@@H]3C[C@H]3CCCCC(F)(F)c3nc4ccc(OC)cc4cc3O2)[C@@H]1[C-]=O.CC[C@@H]1[C@@H]2CN(C(=O)[C@H](C(C)(C)C)NC(=O)O[C@]3(C)C[C@H]3CCCCC(F)(F)c3nc4ccc(OC)cc4cc3O2)[C@@H]1[C-]=O.[V].[V]. The molecule has 2 aromatic heterocycles. The van der Waals surface area contributed by atoms with Gasteiger partial charge in [-0.15, -0.1) is 0 Å². The number of carbonyl (C=O) groups excluding carboxylic acids is 6. The number of ether oxygens (including phenoxy) is 6. The summed E-state index contributed by atoms with van der Waals surface area (Å²) >= 11 is 0. The number of alkyl halides is 4. The van der Waals surface area contributed by atoms with E-state index in [9.17, 15) is 28.8 Å². The minimum Gasteiger partial charge on any atom is -0.540 e. The topological polar surface area (TPSA) is 214 Å². The normalized spacial score (nSPS) is 29.7. The Bertz CT molecular complexity index is 3240. The molecule has 0 spiro atoms. The third-order valence-electron chi connectivity index (χ3n) is 18.3. The van der Waals surface area contributed by atoms with E-state index in [-0.39, 0.29) is 92.5 Å². The van der Waals surface area contributed by atoms with Gasteiger partial charge in [0.05, 0.1) is 38.3 Å². The number of amides is 4. The summed E-state index contributed by atoms with van der Waals surface area (Å²) in [6, 6.07) is 9.06. The van der Waals surface area contributed by atoms with Crippen LogP contribution in [0.2, 0.25) is 0 Å². The Balaban J connectivity index is 0.000000248. The quantitative estimate of drug-likeness (QED) is 0.136. The van der Waals surface area contributed by atoms with Gasteiger partial charge in [0, 0.05) is 66.6 Å². The number of carbonyl (C=O) groups is 4. The second-order valence-electron chi connectivity index (χ2n) is 26.7. The average molecular weight is 1320 g/mol. The van der Waals surface area contributed by atoms with Crippen LogP contribution in [0, 0.1) is 34.5 Å². The van der Waals surface area contributed by atoms with Crippen molar-refractivity contribution in [2.45, 2.75) is 199 Å². The van der Waals surface area contributed by atoms with Crippen LogP contribution in [0.4, 0.5) is 27.2 Å². The Kier molecular flexibility index (Phi) is 22.2. The molecule has 89 heavy (non-hydrogen) atoms. The molecule has 6 aliphatic rings. The van der Waals surface area contributed by atoms with Crippen molar-refractivity contribution in [2.75, 3.05) is 27.3 Å². The summed E-state index contributed by atoms with van der Waals surface area (Å²) in [6.07, 6.45) is 4.73. The van der Waals surface area contributed by atoms with Gasteiger partial charge in [-0.25, -0.2) is 32.1 Å². The number of halogens is 4. The van der Waals surface area contributed by atoms with Crippen molar-refractivity contribution in [3.63, 3.8) is 0 Å². The summed E-state index contributed by atoms with van der Waals surface area (Å²) in [5, 5.41) is 6.62. The Morgan fingerprint density at radius 1 is 0.629 bits per heavy atom. The van der Waals surface area contributed by atoms with Crippen LogP contribution in [-0.2, 0) is 77.6 Å². The molecule has 4 fully saturated rings. The molecule has 10 rings (SSSR count). The first kappa shape index (κ1) is 70.6. The van der Waals surface area contributed by atoms with Crippen molar-refractivity contribution in [2.24, 2.45) is 34.5 Å². The molecule has 18 nitrogen and oxygen atoms in total. The van der Waals surface area contributed by atoms with E-state index in [4.69, 9.17) is 28.4 Å². The van der Waals surface area contributed by atoms with Crippen LogP contribution in [0.15, 0.2) is 48.5 Å². The number of hydrogen-bond donors (Lipinski definition) is 2. The number of benzene rings is 2. The van der Waals surface area contributed by atoms with Crippen molar-refractivity contribution in [1.29, 1.82) is 0 Å². The fourth-order valence-electron chi connectivity index (χ4n) is 12.9. The van der Waals surface area contributed by atoms with Crippen LogP contribution in [-0.4, -0.2) is 132 Å². The predicted molar refractivity (Wildman–Crippen MR) is 314 cm³/mol. The summed E-state index contributed by atoms with van der Waals surface area (Å²) in [5.41, 5.74) is -2.36. The number of aromatic nitrogens is 2. The van der Waals surface area contributed by atoms with E-state index in [1.54, 1.807) is 36.4 Å². The number of nitrogens with zero attached hydrogens (tertiary/aromatic N) is 4. The molecule has 24 heteroatoms. The molecule has 4 bridgehead atoms. The van der Waals surface area contributed by atoms with E-state index in [0.717, 1.165) is 0 Å². The summed E-state index contributed by atoms with van der Waals surface area (Å²) < 4.78 is 98.4. The molecule has 484 valence electrons. The predicted octanol–water partition coefficient (Wildman–Crippen LogP) is 11.5. The zero-order chi connectivity index (χ0) is 63.1. The molecule has 2 aromatic carbocycles. The Hall–Kier alpha value is -5.83. The van der Waals surface area contributed by atoms with E-state index in [2.05, 4.69) is 20.6 Å². The number of hydrogen-bond acceptors (Lipinski definition) is 14. The summed E-state index contributed by atoms with van der Waals surface area (Å²) in [5.74, 6) is -7.60. The molecule has 4 amide bonds. The summed E-state index contributed by atoms with van der Waals surface area (Å²) in [7, 11) is 3.03. The molecular weight excluding hydrogens is 1230 g/mol. The summed E-state index contributed by atoms with van der Waals surface area (Å²) in [4.78, 5) is 90.1. The van der Waals surface area contributed by atoms with E-state index in [0.29, 0.717) is 84.7 Å². The van der Waals surface area contributed by atoms with E-state index >= 15 is 17.6 Å². The van der Waals surface area contributed by atoms with Crippen molar-refractivity contribution in [3.8, 4) is 23.0 Å². The fraction of sp³-hybridized carbons (Fsp3) is 0.631. The third-order valence-corrected chi connectivity index (χ3v) is 18.3. The monoisotopic (exact) mass is 1320 g/mol. The molecule has 0 unspecified atom stereocenters. The number of rotatable bonds is 6. The van der Waals surface area contributed by atoms with Crippen LogP contribution in [0.25, 0.3) is 21.8 Å². The van der Waals surface area contributed by atoms with Gasteiger partial charge in [0.1, 0.15) is 59.0 Å². The average Bonchev–Trinajstić information content (AvgIpc) is 1.84. The van der Waals surface area contributed by atoms with E-state index < -0.39 is 125 Å². The molecule has 4 aliphatic heterocycles. The Labute approximate surface area is 541 Å². The molecule has 2 aliphatic carbocycles. The first-order valence-electron chi connectivity index (χ1n) is 30.5. The van der Waals surface area contributed by atoms with Crippen LogP contribution in [0.3, 0.4) is 0 Å². The molecule has 2 radical (unpaired) electrons. The van der Waals surface area contributed by atoms with Crippen molar-refractivity contribution in [1.82, 2.24) is 30.4 Å². The number of alkyl carbamates (subject to hydrolysis) is 2. The molecule has 2 N–H and O–H groups in total. The van der Waals surface area contributed by atoms with Gasteiger partial charge in [0.2, 0.25) is 11.8 Å². The van der Waals surface area contributed by atoms with E-state index in [1.807, 2.05) is 74.9 Å². The van der Waals surface area contributed by atoms with Crippen LogP contribution >= 0.6 is 0 Å². The van der Waals surface area contributed by atoms with Gasteiger partial charge >= 0.3 is 12.2 Å². The molecule has 2 saturated heterocycles. The van der Waals surface area contributed by atoms with Gasteiger partial charge in [-0.3, -0.25) is 9.59 Å². The number of methoxy groups -OCH3 is 2. The first-order chi connectivity index (χ1) is 41.1. The van der Waals surface area contributed by atoms with Gasteiger partial charge in [0.15, 0.2) is 11.4 Å². The van der Waals surface area contributed by atoms with Gasteiger partial charge in [0.25, 0.3) is 11.8 Å². The van der Waals surface area contributed by atoms with Crippen LogP contribution in [0.5, 0.6) is 23.0 Å². The number of fused-ring (bicyclic) bond motifs is 10. The molecular formula is C65H82F4N6O12V2-2. The Morgan fingerprint density at radius 2 is 1.07 bits per heavy atom. The maximum Gasteiger partial charge on any atom is 0.408 e.